The molecule has 0 fully saturated rings. The Morgan fingerprint density at radius 3 is 2.16 bits per heavy atom. The minimum absolute atomic E-state index is 0.0351. The van der Waals surface area contributed by atoms with Gasteiger partial charge in [-0.05, 0) is 36.5 Å². The first-order valence-electron chi connectivity index (χ1n) is 10.5. The molecule has 2 rings (SSSR count). The topological polar surface area (TPSA) is 72.5 Å². The van der Waals surface area contributed by atoms with Crippen LogP contribution in [0.15, 0.2) is 60.7 Å². The number of benzene rings is 2. The fourth-order valence-corrected chi connectivity index (χ4v) is 3.40. The first kappa shape index (κ1) is 24.6. The molecule has 0 spiro atoms. The van der Waals surface area contributed by atoms with Crippen LogP contribution in [-0.4, -0.2) is 36.0 Å². The lowest BCUT2D eigenvalue weighted by molar-refractivity contribution is -0.132. The first-order chi connectivity index (χ1) is 14.9. The molecule has 2 aromatic rings. The summed E-state index contributed by atoms with van der Waals surface area (Å²) in [6, 6.07) is 17.9. The number of ketones is 2. The molecular weight excluding hydrogens is 414 g/mol. The van der Waals surface area contributed by atoms with Crippen LogP contribution < -0.4 is 10.1 Å². The highest BCUT2D eigenvalue weighted by molar-refractivity contribution is 6.27. The quantitative estimate of drug-likeness (QED) is 0.470. The monoisotopic (exact) mass is 443 g/mol. The number of amides is 1. The van der Waals surface area contributed by atoms with E-state index in [2.05, 4.69) is 5.32 Å². The molecule has 1 N–H and O–H groups in total. The Hall–Kier alpha value is -2.66. The van der Waals surface area contributed by atoms with Crippen LogP contribution in [0.3, 0.4) is 0 Å². The Labute approximate surface area is 189 Å². The van der Waals surface area contributed by atoms with Crippen molar-refractivity contribution in [1.82, 2.24) is 5.32 Å². The molecular formula is C25H30ClNO4. The third-order valence-electron chi connectivity index (χ3n) is 4.86. The summed E-state index contributed by atoms with van der Waals surface area (Å²) < 4.78 is 5.58. The van der Waals surface area contributed by atoms with Crippen LogP contribution in [0, 0.1) is 11.8 Å². The van der Waals surface area contributed by atoms with Gasteiger partial charge in [0.05, 0.1) is 11.9 Å². The molecule has 6 heteroatoms. The number of ether oxygens (including phenoxy) is 1. The third-order valence-corrected chi connectivity index (χ3v) is 5.15. The highest BCUT2D eigenvalue weighted by Crippen LogP contribution is 2.16. The van der Waals surface area contributed by atoms with Crippen molar-refractivity contribution in [2.45, 2.75) is 39.2 Å². The van der Waals surface area contributed by atoms with Gasteiger partial charge in [0.1, 0.15) is 18.1 Å². The molecule has 0 heterocycles. The lowest BCUT2D eigenvalue weighted by Gasteiger charge is -2.23. The summed E-state index contributed by atoms with van der Waals surface area (Å²) in [6.07, 6.45) is 0.927. The number of para-hydroxylation sites is 1. The molecule has 166 valence electrons. The van der Waals surface area contributed by atoms with Crippen LogP contribution in [0.25, 0.3) is 0 Å². The number of Topliss-reactive ketones (excluding diaryl/α,β-unsaturated/α-hetero) is 2. The second kappa shape index (κ2) is 12.9. The fourth-order valence-electron chi connectivity index (χ4n) is 3.29. The molecule has 0 bridgehead atoms. The van der Waals surface area contributed by atoms with E-state index in [9.17, 15) is 14.4 Å². The number of alkyl halides is 1. The molecule has 31 heavy (non-hydrogen) atoms. The number of hydrogen-bond donors (Lipinski definition) is 1. The van der Waals surface area contributed by atoms with E-state index in [-0.39, 0.29) is 42.3 Å². The number of hydrogen-bond acceptors (Lipinski definition) is 4. The van der Waals surface area contributed by atoms with Crippen molar-refractivity contribution >= 4 is 29.1 Å². The molecule has 0 saturated heterocycles. The van der Waals surface area contributed by atoms with Gasteiger partial charge < -0.3 is 10.1 Å². The first-order valence-corrected chi connectivity index (χ1v) is 11.0. The lowest BCUT2D eigenvalue weighted by atomic mass is 9.92. The SMILES string of the molecule is CC(C)C[C@@H](NC(=O)[C@H](CC(=O)CCl)Cc1ccccc1)C(=O)COc1ccccc1. The average Bonchev–Trinajstić information content (AvgIpc) is 2.77. The maximum Gasteiger partial charge on any atom is 0.224 e. The van der Waals surface area contributed by atoms with Crippen LogP contribution >= 0.6 is 11.6 Å². The number of rotatable bonds is 13. The van der Waals surface area contributed by atoms with Crippen molar-refractivity contribution in [2.75, 3.05) is 12.5 Å². The molecule has 0 unspecified atom stereocenters. The summed E-state index contributed by atoms with van der Waals surface area (Å²) in [7, 11) is 0. The van der Waals surface area contributed by atoms with Crippen LogP contribution in [0.2, 0.25) is 0 Å². The zero-order chi connectivity index (χ0) is 22.6. The summed E-state index contributed by atoms with van der Waals surface area (Å²) in [4.78, 5) is 37.9. The number of carbonyl (C=O) groups is 3. The summed E-state index contributed by atoms with van der Waals surface area (Å²) in [5.74, 6) is -0.655. The highest BCUT2D eigenvalue weighted by Gasteiger charge is 2.28. The van der Waals surface area contributed by atoms with Crippen molar-refractivity contribution in [2.24, 2.45) is 11.8 Å². The Bertz CT molecular complexity index is 839. The van der Waals surface area contributed by atoms with Gasteiger partial charge in [-0.25, -0.2) is 0 Å². The smallest absolute Gasteiger partial charge is 0.224 e. The van der Waals surface area contributed by atoms with Gasteiger partial charge in [0.2, 0.25) is 5.91 Å². The van der Waals surface area contributed by atoms with E-state index in [1.165, 1.54) is 0 Å². The van der Waals surface area contributed by atoms with E-state index >= 15 is 0 Å². The third kappa shape index (κ3) is 8.93. The molecule has 0 aromatic heterocycles. The minimum atomic E-state index is -0.680. The Morgan fingerprint density at radius 2 is 1.58 bits per heavy atom. The van der Waals surface area contributed by atoms with Gasteiger partial charge in [0, 0.05) is 12.3 Å². The lowest BCUT2D eigenvalue weighted by Crippen LogP contribution is -2.46. The fraction of sp³-hybridized carbons (Fsp3) is 0.400. The van der Waals surface area contributed by atoms with E-state index in [1.54, 1.807) is 12.1 Å². The van der Waals surface area contributed by atoms with Gasteiger partial charge in [-0.3, -0.25) is 14.4 Å². The van der Waals surface area contributed by atoms with Crippen LogP contribution in [0.4, 0.5) is 0 Å². The zero-order valence-electron chi connectivity index (χ0n) is 18.1. The van der Waals surface area contributed by atoms with Gasteiger partial charge in [0.15, 0.2) is 5.78 Å². The molecule has 0 aliphatic rings. The van der Waals surface area contributed by atoms with Crippen molar-refractivity contribution in [3.63, 3.8) is 0 Å². The Balaban J connectivity index is 2.08. The van der Waals surface area contributed by atoms with Gasteiger partial charge in [-0.1, -0.05) is 62.4 Å². The second-order valence-corrected chi connectivity index (χ2v) is 8.29. The summed E-state index contributed by atoms with van der Waals surface area (Å²) in [6.45, 7) is 3.84. The van der Waals surface area contributed by atoms with E-state index in [0.717, 1.165) is 5.56 Å². The zero-order valence-corrected chi connectivity index (χ0v) is 18.8. The van der Waals surface area contributed by atoms with Gasteiger partial charge in [0.25, 0.3) is 0 Å². The average molecular weight is 444 g/mol. The number of halogens is 1. The summed E-state index contributed by atoms with van der Waals surface area (Å²) in [5, 5.41) is 2.87. The van der Waals surface area contributed by atoms with E-state index in [1.807, 2.05) is 62.4 Å². The normalized spacial score (nSPS) is 12.8. The van der Waals surface area contributed by atoms with Gasteiger partial charge in [-0.15, -0.1) is 11.6 Å². The van der Waals surface area contributed by atoms with Crippen molar-refractivity contribution < 1.29 is 19.1 Å². The molecule has 0 aliphatic carbocycles. The predicted molar refractivity (Wildman–Crippen MR) is 122 cm³/mol. The van der Waals surface area contributed by atoms with Crippen LogP contribution in [-0.2, 0) is 20.8 Å². The Kier molecular flexibility index (Phi) is 10.2. The van der Waals surface area contributed by atoms with E-state index < -0.39 is 12.0 Å². The van der Waals surface area contributed by atoms with Crippen molar-refractivity contribution in [3.05, 3.63) is 66.2 Å². The predicted octanol–water partition coefficient (Wildman–Crippen LogP) is 4.22. The van der Waals surface area contributed by atoms with Gasteiger partial charge in [-0.2, -0.15) is 0 Å². The number of nitrogens with one attached hydrogen (secondary N) is 1. The molecule has 0 radical (unpaired) electrons. The molecule has 0 saturated carbocycles. The molecule has 5 nitrogen and oxygen atoms in total. The molecule has 1 amide bonds. The highest BCUT2D eigenvalue weighted by atomic mass is 35.5. The van der Waals surface area contributed by atoms with Crippen molar-refractivity contribution in [3.8, 4) is 5.75 Å². The van der Waals surface area contributed by atoms with Crippen LogP contribution in [0.1, 0.15) is 32.3 Å². The van der Waals surface area contributed by atoms with E-state index in [0.29, 0.717) is 18.6 Å². The van der Waals surface area contributed by atoms with Crippen LogP contribution in [0.5, 0.6) is 5.75 Å². The Morgan fingerprint density at radius 1 is 0.968 bits per heavy atom. The minimum Gasteiger partial charge on any atom is -0.486 e. The molecule has 0 aliphatic heterocycles. The van der Waals surface area contributed by atoms with Crippen molar-refractivity contribution in [1.29, 1.82) is 0 Å². The van der Waals surface area contributed by atoms with Gasteiger partial charge >= 0.3 is 0 Å². The van der Waals surface area contributed by atoms with E-state index in [4.69, 9.17) is 16.3 Å². The maximum atomic E-state index is 13.1. The molecule has 2 aromatic carbocycles. The summed E-state index contributed by atoms with van der Waals surface area (Å²) in [5.41, 5.74) is 0.948. The molecule has 2 atom stereocenters. The second-order valence-electron chi connectivity index (χ2n) is 8.02. The summed E-state index contributed by atoms with van der Waals surface area (Å²) >= 11 is 5.68. The standard InChI is InChI=1S/C25H30ClNO4/c1-18(2)13-23(24(29)17-31-22-11-7-4-8-12-22)27-25(30)20(15-21(28)16-26)14-19-9-5-3-6-10-19/h3-12,18,20,23H,13-17H2,1-2H3,(H,27,30)/t20-,23+/m0/s1. The largest absolute Gasteiger partial charge is 0.486 e. The maximum absolute atomic E-state index is 13.1. The number of carbonyl (C=O) groups excluding carboxylic acids is 3.